The third-order valence-electron chi connectivity index (χ3n) is 5.57. The summed E-state index contributed by atoms with van der Waals surface area (Å²) in [4.78, 5) is 8.67. The average Bonchev–Trinajstić information content (AvgIpc) is 2.54. The number of aryl methyl sites for hydroxylation is 1. The maximum atomic E-state index is 4.34. The van der Waals surface area contributed by atoms with Crippen molar-refractivity contribution in [3.63, 3.8) is 0 Å². The van der Waals surface area contributed by atoms with Gasteiger partial charge in [0.15, 0.2) is 0 Å². The van der Waals surface area contributed by atoms with E-state index in [-0.39, 0.29) is 5.41 Å². The average molecular weight is 293 g/mol. The summed E-state index contributed by atoms with van der Waals surface area (Å²) in [6.45, 7) is 7.81. The van der Waals surface area contributed by atoms with Gasteiger partial charge in [-0.05, 0) is 48.9 Å². The molecule has 0 spiro atoms. The number of nitrogens with one attached hydrogen (secondary N) is 1. The Labute approximate surface area is 132 Å². The van der Waals surface area contributed by atoms with Gasteiger partial charge in [0.1, 0.15) is 5.82 Å². The molecule has 2 atom stereocenters. The van der Waals surface area contributed by atoms with E-state index in [1.54, 1.807) is 5.56 Å². The fourth-order valence-electron chi connectivity index (χ4n) is 4.15. The monoisotopic (exact) mass is 293 g/mol. The van der Waals surface area contributed by atoms with Crippen molar-refractivity contribution in [3.8, 4) is 11.1 Å². The molecular weight excluding hydrogens is 270 g/mol. The first-order valence-corrected chi connectivity index (χ1v) is 8.22. The molecule has 1 saturated heterocycles. The minimum Gasteiger partial charge on any atom is -0.313 e. The van der Waals surface area contributed by atoms with E-state index in [1.165, 1.54) is 24.0 Å². The third-order valence-corrected chi connectivity index (χ3v) is 5.57. The number of hydrogen-bond donors (Lipinski definition) is 1. The predicted molar refractivity (Wildman–Crippen MR) is 89.0 cm³/mol. The highest BCUT2D eigenvalue weighted by atomic mass is 14.9. The second-order valence-electron chi connectivity index (χ2n) is 7.27. The van der Waals surface area contributed by atoms with Crippen LogP contribution < -0.4 is 5.32 Å². The van der Waals surface area contributed by atoms with Gasteiger partial charge in [0, 0.05) is 29.4 Å². The summed E-state index contributed by atoms with van der Waals surface area (Å²) in [7, 11) is 0. The van der Waals surface area contributed by atoms with Gasteiger partial charge >= 0.3 is 0 Å². The van der Waals surface area contributed by atoms with Crippen LogP contribution in [-0.4, -0.2) is 22.6 Å². The summed E-state index contributed by atoms with van der Waals surface area (Å²) in [6, 6.07) is 7.55. The molecule has 2 heterocycles. The highest BCUT2D eigenvalue weighted by Gasteiger charge is 2.42. The molecule has 22 heavy (non-hydrogen) atoms. The Balaban J connectivity index is 1.82. The maximum absolute atomic E-state index is 4.34. The molecule has 3 heteroatoms. The molecule has 114 valence electrons. The van der Waals surface area contributed by atoms with E-state index in [0.717, 1.165) is 17.9 Å². The summed E-state index contributed by atoms with van der Waals surface area (Å²) in [6.07, 6.45) is 6.37. The van der Waals surface area contributed by atoms with E-state index in [1.807, 2.05) is 19.3 Å². The smallest absolute Gasteiger partial charge is 0.125 e. The van der Waals surface area contributed by atoms with Gasteiger partial charge < -0.3 is 5.32 Å². The van der Waals surface area contributed by atoms with Crippen LogP contribution in [0.3, 0.4) is 0 Å². The van der Waals surface area contributed by atoms with E-state index < -0.39 is 0 Å². The van der Waals surface area contributed by atoms with Crippen LogP contribution >= 0.6 is 0 Å². The highest BCUT2D eigenvalue weighted by molar-refractivity contribution is 5.64. The summed E-state index contributed by atoms with van der Waals surface area (Å²) in [5.41, 5.74) is 5.61. The lowest BCUT2D eigenvalue weighted by Crippen LogP contribution is -2.52. The van der Waals surface area contributed by atoms with Crippen molar-refractivity contribution in [3.05, 3.63) is 47.5 Å². The first-order valence-electron chi connectivity index (χ1n) is 8.22. The van der Waals surface area contributed by atoms with Crippen LogP contribution in [0.4, 0.5) is 0 Å². The maximum Gasteiger partial charge on any atom is 0.125 e. The van der Waals surface area contributed by atoms with Crippen LogP contribution in [0.15, 0.2) is 30.6 Å². The summed E-state index contributed by atoms with van der Waals surface area (Å²) >= 11 is 0. The third kappa shape index (κ3) is 2.07. The lowest BCUT2D eigenvalue weighted by atomic mass is 9.63. The number of hydrogen-bond acceptors (Lipinski definition) is 3. The van der Waals surface area contributed by atoms with Crippen molar-refractivity contribution in [1.82, 2.24) is 15.3 Å². The first-order chi connectivity index (χ1) is 10.6. The summed E-state index contributed by atoms with van der Waals surface area (Å²) in [5, 5.41) is 3.71. The molecule has 1 aromatic carbocycles. The van der Waals surface area contributed by atoms with E-state index >= 15 is 0 Å². The molecule has 2 aromatic rings. The molecule has 1 aromatic heterocycles. The van der Waals surface area contributed by atoms with Crippen molar-refractivity contribution in [2.75, 3.05) is 6.54 Å². The number of piperidine rings is 1. The lowest BCUT2D eigenvalue weighted by Gasteiger charge is -2.47. The Kier molecular flexibility index (Phi) is 3.08. The van der Waals surface area contributed by atoms with Crippen molar-refractivity contribution < 1.29 is 0 Å². The fraction of sp³-hybridized carbons (Fsp3) is 0.474. The van der Waals surface area contributed by atoms with Gasteiger partial charge in [-0.2, -0.15) is 0 Å². The molecule has 2 aliphatic rings. The van der Waals surface area contributed by atoms with E-state index in [9.17, 15) is 0 Å². The Bertz CT molecular complexity index is 703. The zero-order valence-corrected chi connectivity index (χ0v) is 13.6. The van der Waals surface area contributed by atoms with Gasteiger partial charge in [0.2, 0.25) is 0 Å². The van der Waals surface area contributed by atoms with Gasteiger partial charge in [0.05, 0.1) is 0 Å². The van der Waals surface area contributed by atoms with Crippen LogP contribution in [0, 0.1) is 6.92 Å². The molecular formula is C19H23N3. The number of fused-ring (bicyclic) bond motifs is 4. The van der Waals surface area contributed by atoms with Gasteiger partial charge in [-0.3, -0.25) is 0 Å². The van der Waals surface area contributed by atoms with Crippen LogP contribution in [0.2, 0.25) is 0 Å². The number of aromatic nitrogens is 2. The minimum absolute atomic E-state index is 0.203. The topological polar surface area (TPSA) is 37.8 Å². The normalized spacial score (nSPS) is 25.6. The summed E-state index contributed by atoms with van der Waals surface area (Å²) in [5.74, 6) is 1.52. The van der Waals surface area contributed by atoms with Crippen LogP contribution in [0.5, 0.6) is 0 Å². The molecule has 0 saturated carbocycles. The molecule has 2 bridgehead atoms. The Hall–Kier alpha value is -1.74. The second-order valence-corrected chi connectivity index (χ2v) is 7.27. The molecule has 1 fully saturated rings. The molecule has 0 amide bonds. The lowest BCUT2D eigenvalue weighted by molar-refractivity contribution is 0.236. The number of rotatable bonds is 1. The molecule has 2 unspecified atom stereocenters. The fourth-order valence-corrected chi connectivity index (χ4v) is 4.15. The van der Waals surface area contributed by atoms with Gasteiger partial charge in [0.25, 0.3) is 0 Å². The van der Waals surface area contributed by atoms with E-state index in [2.05, 4.69) is 47.3 Å². The van der Waals surface area contributed by atoms with Crippen molar-refractivity contribution >= 4 is 0 Å². The number of nitrogens with zero attached hydrogens (tertiary/aromatic N) is 2. The predicted octanol–water partition coefficient (Wildman–Crippen LogP) is 3.58. The summed E-state index contributed by atoms with van der Waals surface area (Å²) < 4.78 is 0. The molecule has 1 N–H and O–H groups in total. The highest BCUT2D eigenvalue weighted by Crippen LogP contribution is 2.46. The van der Waals surface area contributed by atoms with Crippen LogP contribution in [-0.2, 0) is 5.41 Å². The zero-order chi connectivity index (χ0) is 15.3. The standard InChI is InChI=1S/C19H23N3/c1-12-21-10-15(11-22-12)13-4-5-17-16(8-13)14-6-7-20-18(9-14)19(17,2)3/h4-5,8,10-11,14,18,20H,6-7,9H2,1-3H3. The Morgan fingerprint density at radius 1 is 1.14 bits per heavy atom. The SMILES string of the molecule is Cc1ncc(-c2ccc3c(c2)C2CCNC(C2)C3(C)C)cn1. The van der Waals surface area contributed by atoms with E-state index in [0.29, 0.717) is 12.0 Å². The zero-order valence-electron chi connectivity index (χ0n) is 13.6. The second kappa shape index (κ2) is 4.88. The molecule has 4 rings (SSSR count). The van der Waals surface area contributed by atoms with Gasteiger partial charge in [-0.1, -0.05) is 32.0 Å². The van der Waals surface area contributed by atoms with E-state index in [4.69, 9.17) is 0 Å². The first kappa shape index (κ1) is 13.9. The number of benzene rings is 1. The van der Waals surface area contributed by atoms with Crippen molar-refractivity contribution in [1.29, 1.82) is 0 Å². The van der Waals surface area contributed by atoms with Crippen molar-refractivity contribution in [2.24, 2.45) is 0 Å². The molecule has 3 nitrogen and oxygen atoms in total. The largest absolute Gasteiger partial charge is 0.313 e. The quantitative estimate of drug-likeness (QED) is 0.873. The molecule has 0 radical (unpaired) electrons. The van der Waals surface area contributed by atoms with Gasteiger partial charge in [-0.15, -0.1) is 0 Å². The minimum atomic E-state index is 0.203. The molecule has 1 aliphatic carbocycles. The Morgan fingerprint density at radius 2 is 1.91 bits per heavy atom. The van der Waals surface area contributed by atoms with Crippen LogP contribution in [0.25, 0.3) is 11.1 Å². The Morgan fingerprint density at radius 3 is 2.68 bits per heavy atom. The molecule has 1 aliphatic heterocycles. The van der Waals surface area contributed by atoms with Crippen LogP contribution in [0.1, 0.15) is 49.6 Å². The van der Waals surface area contributed by atoms with Gasteiger partial charge in [-0.25, -0.2) is 9.97 Å². The van der Waals surface area contributed by atoms with Crippen molar-refractivity contribution in [2.45, 2.75) is 51.0 Å².